The third kappa shape index (κ3) is 2.36. The van der Waals surface area contributed by atoms with Crippen molar-refractivity contribution in [2.75, 3.05) is 7.05 Å². The van der Waals surface area contributed by atoms with Crippen LogP contribution >= 0.6 is 11.3 Å². The third-order valence-electron chi connectivity index (χ3n) is 2.84. The fourth-order valence-electron chi connectivity index (χ4n) is 1.96. The van der Waals surface area contributed by atoms with Crippen LogP contribution < -0.4 is 5.32 Å². The van der Waals surface area contributed by atoms with Crippen LogP contribution in [0.1, 0.15) is 29.9 Å². The SMILES string of the molecule is CCc1occc1C(Cc1ccsc1)NC. The molecule has 1 N–H and O–H groups in total. The lowest BCUT2D eigenvalue weighted by molar-refractivity contribution is 0.495. The molecule has 2 aromatic rings. The van der Waals surface area contributed by atoms with Gasteiger partial charge in [-0.2, -0.15) is 11.3 Å². The van der Waals surface area contributed by atoms with E-state index < -0.39 is 0 Å². The smallest absolute Gasteiger partial charge is 0.108 e. The number of rotatable bonds is 5. The molecule has 1 unspecified atom stereocenters. The molecule has 86 valence electrons. The average molecular weight is 235 g/mol. The van der Waals surface area contributed by atoms with Crippen molar-refractivity contribution in [3.63, 3.8) is 0 Å². The highest BCUT2D eigenvalue weighted by Crippen LogP contribution is 2.24. The summed E-state index contributed by atoms with van der Waals surface area (Å²) < 4.78 is 5.48. The lowest BCUT2D eigenvalue weighted by atomic mass is 10.0. The Morgan fingerprint density at radius 3 is 2.94 bits per heavy atom. The molecule has 0 bridgehead atoms. The largest absolute Gasteiger partial charge is 0.469 e. The Balaban J connectivity index is 2.16. The summed E-state index contributed by atoms with van der Waals surface area (Å²) >= 11 is 1.75. The molecule has 16 heavy (non-hydrogen) atoms. The zero-order chi connectivity index (χ0) is 11.4. The summed E-state index contributed by atoms with van der Waals surface area (Å²) in [6, 6.07) is 4.61. The van der Waals surface area contributed by atoms with E-state index >= 15 is 0 Å². The van der Waals surface area contributed by atoms with Gasteiger partial charge in [0.05, 0.1) is 6.26 Å². The summed E-state index contributed by atoms with van der Waals surface area (Å²) in [5.41, 5.74) is 2.67. The Morgan fingerprint density at radius 2 is 2.31 bits per heavy atom. The first-order chi connectivity index (χ1) is 7.85. The van der Waals surface area contributed by atoms with E-state index in [0.717, 1.165) is 18.6 Å². The molecule has 2 heterocycles. The van der Waals surface area contributed by atoms with Gasteiger partial charge >= 0.3 is 0 Å². The van der Waals surface area contributed by atoms with Crippen LogP contribution in [0.5, 0.6) is 0 Å². The van der Waals surface area contributed by atoms with Crippen LogP contribution in [0.15, 0.2) is 33.6 Å². The summed E-state index contributed by atoms with van der Waals surface area (Å²) in [5.74, 6) is 1.09. The maximum Gasteiger partial charge on any atom is 0.108 e. The number of nitrogens with one attached hydrogen (secondary N) is 1. The molecule has 0 aromatic carbocycles. The molecule has 0 aliphatic heterocycles. The molecule has 0 fully saturated rings. The Labute approximate surface area is 100 Å². The van der Waals surface area contributed by atoms with Gasteiger partial charge in [0.25, 0.3) is 0 Å². The lowest BCUT2D eigenvalue weighted by Crippen LogP contribution is -2.19. The minimum Gasteiger partial charge on any atom is -0.469 e. The molecule has 2 aromatic heterocycles. The van der Waals surface area contributed by atoms with Gasteiger partial charge in [-0.05, 0) is 41.9 Å². The van der Waals surface area contributed by atoms with Gasteiger partial charge < -0.3 is 9.73 Å². The summed E-state index contributed by atoms with van der Waals surface area (Å²) in [4.78, 5) is 0. The zero-order valence-corrected chi connectivity index (χ0v) is 10.5. The second kappa shape index (κ2) is 5.32. The number of thiophene rings is 1. The molecular formula is C13H17NOS. The van der Waals surface area contributed by atoms with E-state index in [1.54, 1.807) is 17.6 Å². The van der Waals surface area contributed by atoms with Gasteiger partial charge in [-0.25, -0.2) is 0 Å². The first-order valence-corrected chi connectivity index (χ1v) is 6.54. The molecule has 0 spiro atoms. The Bertz CT molecular complexity index is 419. The summed E-state index contributed by atoms with van der Waals surface area (Å²) in [5, 5.41) is 7.69. The standard InChI is InChI=1S/C13H17NOS/c1-3-13-11(4-6-15-13)12(14-2)8-10-5-7-16-9-10/h4-7,9,12,14H,3,8H2,1-2H3. The van der Waals surface area contributed by atoms with Crippen molar-refractivity contribution in [3.05, 3.63) is 46.0 Å². The van der Waals surface area contributed by atoms with Crippen molar-refractivity contribution in [3.8, 4) is 0 Å². The summed E-state index contributed by atoms with van der Waals surface area (Å²) in [7, 11) is 2.00. The highest BCUT2D eigenvalue weighted by atomic mass is 32.1. The Kier molecular flexibility index (Phi) is 3.80. The van der Waals surface area contributed by atoms with E-state index in [1.807, 2.05) is 7.05 Å². The van der Waals surface area contributed by atoms with Crippen LogP contribution in [-0.4, -0.2) is 7.05 Å². The molecule has 2 rings (SSSR count). The highest BCUT2D eigenvalue weighted by Gasteiger charge is 2.15. The first-order valence-electron chi connectivity index (χ1n) is 5.59. The molecule has 1 atom stereocenters. The fourth-order valence-corrected chi connectivity index (χ4v) is 2.64. The van der Waals surface area contributed by atoms with E-state index in [0.29, 0.717) is 6.04 Å². The van der Waals surface area contributed by atoms with E-state index in [-0.39, 0.29) is 0 Å². The minimum absolute atomic E-state index is 0.350. The molecule has 0 aliphatic carbocycles. The van der Waals surface area contributed by atoms with E-state index in [2.05, 4.69) is 35.1 Å². The predicted molar refractivity (Wildman–Crippen MR) is 67.9 cm³/mol. The van der Waals surface area contributed by atoms with Crippen LogP contribution in [-0.2, 0) is 12.8 Å². The van der Waals surface area contributed by atoms with Gasteiger partial charge in [-0.15, -0.1) is 0 Å². The number of likely N-dealkylation sites (N-methyl/N-ethyl adjacent to an activating group) is 1. The topological polar surface area (TPSA) is 25.2 Å². The molecule has 0 radical (unpaired) electrons. The second-order valence-electron chi connectivity index (χ2n) is 3.83. The molecule has 0 aliphatic rings. The van der Waals surface area contributed by atoms with Gasteiger partial charge in [0.15, 0.2) is 0 Å². The van der Waals surface area contributed by atoms with Crippen LogP contribution in [0.25, 0.3) is 0 Å². The monoisotopic (exact) mass is 235 g/mol. The number of furan rings is 1. The van der Waals surface area contributed by atoms with E-state index in [1.165, 1.54) is 11.1 Å². The predicted octanol–water partition coefficient (Wildman–Crippen LogP) is 3.41. The molecular weight excluding hydrogens is 218 g/mol. The Hall–Kier alpha value is -1.06. The maximum absolute atomic E-state index is 5.48. The van der Waals surface area contributed by atoms with Crippen molar-refractivity contribution < 1.29 is 4.42 Å². The number of hydrogen-bond donors (Lipinski definition) is 1. The number of hydrogen-bond acceptors (Lipinski definition) is 3. The summed E-state index contributed by atoms with van der Waals surface area (Å²) in [6.45, 7) is 2.12. The van der Waals surface area contributed by atoms with Gasteiger partial charge in [-0.3, -0.25) is 0 Å². The quantitative estimate of drug-likeness (QED) is 0.859. The van der Waals surface area contributed by atoms with Crippen molar-refractivity contribution in [2.45, 2.75) is 25.8 Å². The van der Waals surface area contributed by atoms with Crippen molar-refractivity contribution in [1.29, 1.82) is 0 Å². The first kappa shape index (κ1) is 11.4. The van der Waals surface area contributed by atoms with E-state index in [9.17, 15) is 0 Å². The molecule has 0 saturated carbocycles. The van der Waals surface area contributed by atoms with Crippen LogP contribution in [0.4, 0.5) is 0 Å². The van der Waals surface area contributed by atoms with Gasteiger partial charge in [0, 0.05) is 18.0 Å². The van der Waals surface area contributed by atoms with Crippen LogP contribution in [0, 0.1) is 0 Å². The average Bonchev–Trinajstić information content (AvgIpc) is 2.96. The van der Waals surface area contributed by atoms with Gasteiger partial charge in [0.2, 0.25) is 0 Å². The van der Waals surface area contributed by atoms with Gasteiger partial charge in [-0.1, -0.05) is 6.92 Å². The molecule has 3 heteroatoms. The van der Waals surface area contributed by atoms with E-state index in [4.69, 9.17) is 4.42 Å². The fraction of sp³-hybridized carbons (Fsp3) is 0.385. The maximum atomic E-state index is 5.48. The van der Waals surface area contributed by atoms with Crippen molar-refractivity contribution in [2.24, 2.45) is 0 Å². The minimum atomic E-state index is 0.350. The molecule has 0 amide bonds. The van der Waals surface area contributed by atoms with Gasteiger partial charge in [0.1, 0.15) is 5.76 Å². The van der Waals surface area contributed by atoms with Crippen LogP contribution in [0.2, 0.25) is 0 Å². The molecule has 0 saturated heterocycles. The Morgan fingerprint density at radius 1 is 1.44 bits per heavy atom. The van der Waals surface area contributed by atoms with Crippen LogP contribution in [0.3, 0.4) is 0 Å². The van der Waals surface area contributed by atoms with Crippen molar-refractivity contribution >= 4 is 11.3 Å². The second-order valence-corrected chi connectivity index (χ2v) is 4.61. The highest BCUT2D eigenvalue weighted by molar-refractivity contribution is 7.07. The molecule has 2 nitrogen and oxygen atoms in total. The zero-order valence-electron chi connectivity index (χ0n) is 9.69. The number of aryl methyl sites for hydroxylation is 1. The summed E-state index contributed by atoms with van der Waals surface area (Å²) in [6.07, 6.45) is 3.75. The van der Waals surface area contributed by atoms with Crippen molar-refractivity contribution in [1.82, 2.24) is 5.32 Å². The third-order valence-corrected chi connectivity index (χ3v) is 3.58. The lowest BCUT2D eigenvalue weighted by Gasteiger charge is -2.15. The normalized spacial score (nSPS) is 12.9.